The van der Waals surface area contributed by atoms with E-state index >= 15 is 0 Å². The van der Waals surface area contributed by atoms with Gasteiger partial charge in [0.05, 0.1) is 5.01 Å². The Morgan fingerprint density at radius 2 is 2.40 bits per heavy atom. The number of hydrogen-bond acceptors (Lipinski definition) is 3. The zero-order chi connectivity index (χ0) is 7.56. The maximum atomic E-state index is 5.45. The molecule has 1 rings (SSSR count). The maximum Gasteiger partial charge on any atom is 0.134 e. The number of aromatic nitrogens is 1. The van der Waals surface area contributed by atoms with Crippen LogP contribution in [0.2, 0.25) is 0 Å². The van der Waals surface area contributed by atoms with Crippen LogP contribution < -0.4 is 5.73 Å². The average Bonchev–Trinajstić information content (AvgIpc) is 2.13. The molecule has 0 radical (unpaired) electrons. The predicted molar refractivity (Wildman–Crippen MR) is 45.1 cm³/mol. The molecule has 56 valence electrons. The van der Waals surface area contributed by atoms with Crippen molar-refractivity contribution in [3.8, 4) is 0 Å². The van der Waals surface area contributed by atoms with E-state index in [1.165, 1.54) is 0 Å². The molecule has 0 fully saturated rings. The Bertz CT molecular complexity index is 205. The first-order chi connectivity index (χ1) is 4.68. The van der Waals surface area contributed by atoms with Crippen LogP contribution in [0, 0.1) is 5.92 Å². The normalized spacial score (nSPS) is 10.7. The summed E-state index contributed by atoms with van der Waals surface area (Å²) >= 11 is 1.64. The summed E-state index contributed by atoms with van der Waals surface area (Å²) in [6.07, 6.45) is 1.04. The number of hydrogen-bond donors (Lipinski definition) is 1. The van der Waals surface area contributed by atoms with Gasteiger partial charge in [-0.25, -0.2) is 4.98 Å². The maximum absolute atomic E-state index is 5.45. The van der Waals surface area contributed by atoms with Crippen molar-refractivity contribution in [3.05, 3.63) is 10.4 Å². The van der Waals surface area contributed by atoms with Crippen LogP contribution in [0.1, 0.15) is 18.9 Å². The lowest BCUT2D eigenvalue weighted by atomic mass is 10.1. The third kappa shape index (κ3) is 1.99. The van der Waals surface area contributed by atoms with Gasteiger partial charge >= 0.3 is 0 Å². The molecule has 0 bridgehead atoms. The van der Waals surface area contributed by atoms with Gasteiger partial charge in [0.2, 0.25) is 0 Å². The number of anilines is 1. The summed E-state index contributed by atoms with van der Waals surface area (Å²) in [5.41, 5.74) is 5.45. The number of nitrogens with zero attached hydrogens (tertiary/aromatic N) is 1. The Labute approximate surface area is 65.1 Å². The molecule has 10 heavy (non-hydrogen) atoms. The van der Waals surface area contributed by atoms with Gasteiger partial charge in [-0.3, -0.25) is 0 Å². The van der Waals surface area contributed by atoms with Crippen molar-refractivity contribution >= 4 is 17.2 Å². The molecule has 0 aromatic carbocycles. The van der Waals surface area contributed by atoms with Crippen molar-refractivity contribution in [2.24, 2.45) is 5.92 Å². The smallest absolute Gasteiger partial charge is 0.134 e. The molecule has 0 spiro atoms. The van der Waals surface area contributed by atoms with Crippen LogP contribution in [0.25, 0.3) is 0 Å². The number of rotatable bonds is 2. The largest absolute Gasteiger partial charge is 0.383 e. The Balaban J connectivity index is 2.58. The summed E-state index contributed by atoms with van der Waals surface area (Å²) in [6.45, 7) is 4.36. The summed E-state index contributed by atoms with van der Waals surface area (Å²) in [4.78, 5) is 4.15. The van der Waals surface area contributed by atoms with Crippen LogP contribution in [0.3, 0.4) is 0 Å². The quantitative estimate of drug-likeness (QED) is 0.710. The molecular weight excluding hydrogens is 144 g/mol. The van der Waals surface area contributed by atoms with E-state index in [4.69, 9.17) is 5.73 Å². The van der Waals surface area contributed by atoms with Gasteiger partial charge in [-0.1, -0.05) is 13.8 Å². The summed E-state index contributed by atoms with van der Waals surface area (Å²) < 4.78 is 0. The van der Waals surface area contributed by atoms with E-state index in [-0.39, 0.29) is 0 Å². The summed E-state index contributed by atoms with van der Waals surface area (Å²) in [6, 6.07) is 0. The van der Waals surface area contributed by atoms with Gasteiger partial charge in [0.25, 0.3) is 0 Å². The molecule has 2 N–H and O–H groups in total. The van der Waals surface area contributed by atoms with Gasteiger partial charge in [0.15, 0.2) is 0 Å². The molecule has 1 aromatic heterocycles. The van der Waals surface area contributed by atoms with Gasteiger partial charge < -0.3 is 5.73 Å². The van der Waals surface area contributed by atoms with E-state index in [9.17, 15) is 0 Å². The molecule has 0 saturated heterocycles. The molecule has 1 aromatic rings. The highest BCUT2D eigenvalue weighted by Gasteiger charge is 2.00. The van der Waals surface area contributed by atoms with Crippen LogP contribution in [-0.2, 0) is 6.42 Å². The third-order valence-electron chi connectivity index (χ3n) is 1.15. The van der Waals surface area contributed by atoms with Crippen molar-refractivity contribution in [1.82, 2.24) is 4.98 Å². The molecule has 2 nitrogen and oxygen atoms in total. The average molecular weight is 156 g/mol. The van der Waals surface area contributed by atoms with E-state index < -0.39 is 0 Å². The molecule has 0 aliphatic heterocycles. The van der Waals surface area contributed by atoms with Crippen molar-refractivity contribution in [2.45, 2.75) is 20.3 Å². The second-order valence-electron chi connectivity index (χ2n) is 2.76. The fourth-order valence-corrected chi connectivity index (χ4v) is 1.67. The van der Waals surface area contributed by atoms with Gasteiger partial charge in [-0.05, 0) is 5.92 Å². The molecule has 0 saturated carbocycles. The molecule has 1 heterocycles. The summed E-state index contributed by atoms with van der Waals surface area (Å²) in [5.74, 6) is 1.33. The molecular formula is C7H12N2S. The molecule has 0 aliphatic carbocycles. The van der Waals surface area contributed by atoms with Crippen LogP contribution in [0.5, 0.6) is 0 Å². The molecule has 0 atom stereocenters. The summed E-state index contributed by atoms with van der Waals surface area (Å²) in [7, 11) is 0. The molecule has 0 unspecified atom stereocenters. The fraction of sp³-hybridized carbons (Fsp3) is 0.571. The Hall–Kier alpha value is -0.570. The van der Waals surface area contributed by atoms with Crippen LogP contribution in [-0.4, -0.2) is 4.98 Å². The van der Waals surface area contributed by atoms with Crippen LogP contribution in [0.15, 0.2) is 5.38 Å². The SMILES string of the molecule is CC(C)Cc1nc(N)cs1. The topological polar surface area (TPSA) is 38.9 Å². The minimum absolute atomic E-state index is 0.653. The zero-order valence-corrected chi connectivity index (χ0v) is 7.11. The third-order valence-corrected chi connectivity index (χ3v) is 2.04. The van der Waals surface area contributed by atoms with Gasteiger partial charge in [0.1, 0.15) is 5.82 Å². The van der Waals surface area contributed by atoms with Crippen molar-refractivity contribution in [2.75, 3.05) is 5.73 Å². The second kappa shape index (κ2) is 3.01. The Morgan fingerprint density at radius 3 is 2.80 bits per heavy atom. The molecule has 3 heteroatoms. The number of nitrogen functional groups attached to an aromatic ring is 1. The second-order valence-corrected chi connectivity index (χ2v) is 3.71. The highest BCUT2D eigenvalue weighted by molar-refractivity contribution is 7.10. The van der Waals surface area contributed by atoms with E-state index in [0.717, 1.165) is 11.4 Å². The van der Waals surface area contributed by atoms with Gasteiger partial charge in [-0.15, -0.1) is 11.3 Å². The lowest BCUT2D eigenvalue weighted by Crippen LogP contribution is -1.93. The first kappa shape index (κ1) is 7.54. The predicted octanol–water partition coefficient (Wildman–Crippen LogP) is 1.92. The van der Waals surface area contributed by atoms with E-state index in [1.807, 2.05) is 5.38 Å². The van der Waals surface area contributed by atoms with Crippen molar-refractivity contribution in [1.29, 1.82) is 0 Å². The lowest BCUT2D eigenvalue weighted by Gasteiger charge is -1.97. The minimum atomic E-state index is 0.653. The number of nitrogens with two attached hydrogens (primary N) is 1. The summed E-state index contributed by atoms with van der Waals surface area (Å²) in [5, 5.41) is 3.03. The van der Waals surface area contributed by atoms with Crippen molar-refractivity contribution in [3.63, 3.8) is 0 Å². The standard InChI is InChI=1S/C7H12N2S/c1-5(2)3-7-9-6(8)4-10-7/h4-5H,3,8H2,1-2H3. The lowest BCUT2D eigenvalue weighted by molar-refractivity contribution is 0.645. The van der Waals surface area contributed by atoms with Crippen LogP contribution in [0.4, 0.5) is 5.82 Å². The fourth-order valence-electron chi connectivity index (χ4n) is 0.768. The van der Waals surface area contributed by atoms with Gasteiger partial charge in [0, 0.05) is 11.8 Å². The first-order valence-electron chi connectivity index (χ1n) is 3.38. The monoisotopic (exact) mass is 156 g/mol. The minimum Gasteiger partial charge on any atom is -0.383 e. The first-order valence-corrected chi connectivity index (χ1v) is 4.26. The van der Waals surface area contributed by atoms with E-state index in [1.54, 1.807) is 11.3 Å². The van der Waals surface area contributed by atoms with Crippen molar-refractivity contribution < 1.29 is 0 Å². The van der Waals surface area contributed by atoms with Gasteiger partial charge in [-0.2, -0.15) is 0 Å². The van der Waals surface area contributed by atoms with E-state index in [2.05, 4.69) is 18.8 Å². The molecule has 0 amide bonds. The van der Waals surface area contributed by atoms with Crippen LogP contribution >= 0.6 is 11.3 Å². The Morgan fingerprint density at radius 1 is 1.70 bits per heavy atom. The zero-order valence-electron chi connectivity index (χ0n) is 6.29. The highest BCUT2D eigenvalue weighted by atomic mass is 32.1. The number of thiazole rings is 1. The Kier molecular flexibility index (Phi) is 2.27. The highest BCUT2D eigenvalue weighted by Crippen LogP contribution is 2.14. The molecule has 0 aliphatic rings. The van der Waals surface area contributed by atoms with E-state index in [0.29, 0.717) is 11.7 Å².